The van der Waals surface area contributed by atoms with Crippen LogP contribution in [-0.4, -0.2) is 25.0 Å². The van der Waals surface area contributed by atoms with Crippen LogP contribution in [0.3, 0.4) is 0 Å². The molecule has 0 aliphatic heterocycles. The molecule has 0 unspecified atom stereocenters. The number of carbonyl (C=O) groups is 1. The molecule has 1 N–H and O–H groups in total. The van der Waals surface area contributed by atoms with Gasteiger partial charge in [-0.15, -0.1) is 13.2 Å². The maximum absolute atomic E-state index is 12.2. The molecule has 1 aromatic rings. The fourth-order valence-corrected chi connectivity index (χ4v) is 1.39. The number of nitriles is 1. The predicted molar refractivity (Wildman–Crippen MR) is 67.6 cm³/mol. The highest BCUT2D eigenvalue weighted by molar-refractivity contribution is 5.93. The Kier molecular flexibility index (Phi) is 5.55. The first-order chi connectivity index (χ1) is 9.73. The van der Waals surface area contributed by atoms with Crippen LogP contribution in [0.4, 0.5) is 18.9 Å². The van der Waals surface area contributed by atoms with Crippen molar-refractivity contribution in [3.05, 3.63) is 23.8 Å². The van der Waals surface area contributed by atoms with E-state index in [2.05, 4.69) is 10.1 Å². The minimum Gasteiger partial charge on any atom is -0.404 e. The zero-order valence-electron chi connectivity index (χ0n) is 11.3. The molecule has 0 heterocycles. The van der Waals surface area contributed by atoms with Gasteiger partial charge >= 0.3 is 6.36 Å². The first kappa shape index (κ1) is 16.8. The van der Waals surface area contributed by atoms with Gasteiger partial charge in [0.2, 0.25) is 5.91 Å². The third-order valence-corrected chi connectivity index (χ3v) is 2.19. The summed E-state index contributed by atoms with van der Waals surface area (Å²) in [4.78, 5) is 11.6. The molecule has 114 valence electrons. The van der Waals surface area contributed by atoms with E-state index >= 15 is 0 Å². The van der Waals surface area contributed by atoms with Crippen LogP contribution < -0.4 is 10.1 Å². The molecule has 0 radical (unpaired) electrons. The molecule has 0 aliphatic carbocycles. The Morgan fingerprint density at radius 1 is 1.43 bits per heavy atom. The first-order valence-electron chi connectivity index (χ1n) is 5.93. The summed E-state index contributed by atoms with van der Waals surface area (Å²) in [6.45, 7) is 3.18. The molecule has 0 aliphatic rings. The molecule has 1 aromatic carbocycles. The van der Waals surface area contributed by atoms with Gasteiger partial charge in [-0.25, -0.2) is 0 Å². The highest BCUT2D eigenvalue weighted by Crippen LogP contribution is 2.30. The number of benzene rings is 1. The molecule has 0 fully saturated rings. The monoisotopic (exact) mass is 302 g/mol. The van der Waals surface area contributed by atoms with Gasteiger partial charge in [0.1, 0.15) is 24.0 Å². The fraction of sp³-hybridized carbons (Fsp3) is 0.385. The average Bonchev–Trinajstić information content (AvgIpc) is 2.35. The lowest BCUT2D eigenvalue weighted by Crippen LogP contribution is -2.22. The molecule has 0 atom stereocenters. The van der Waals surface area contributed by atoms with Gasteiger partial charge < -0.3 is 14.8 Å². The van der Waals surface area contributed by atoms with Crippen molar-refractivity contribution in [3.8, 4) is 11.8 Å². The third kappa shape index (κ3) is 5.71. The fourth-order valence-electron chi connectivity index (χ4n) is 1.39. The Morgan fingerprint density at radius 3 is 2.62 bits per heavy atom. The van der Waals surface area contributed by atoms with Crippen LogP contribution in [0.1, 0.15) is 19.4 Å². The number of halogens is 3. The van der Waals surface area contributed by atoms with Gasteiger partial charge in [-0.05, 0) is 26.0 Å². The Morgan fingerprint density at radius 2 is 2.10 bits per heavy atom. The second-order valence-corrected chi connectivity index (χ2v) is 4.25. The summed E-state index contributed by atoms with van der Waals surface area (Å²) >= 11 is 0. The zero-order chi connectivity index (χ0) is 16.0. The van der Waals surface area contributed by atoms with Crippen molar-refractivity contribution < 1.29 is 27.4 Å². The minimum absolute atomic E-state index is 0.0726. The van der Waals surface area contributed by atoms with Crippen molar-refractivity contribution in [1.82, 2.24) is 0 Å². The maximum Gasteiger partial charge on any atom is 0.573 e. The van der Waals surface area contributed by atoms with Crippen molar-refractivity contribution in [2.75, 3.05) is 11.9 Å². The summed E-state index contributed by atoms with van der Waals surface area (Å²) in [6, 6.07) is 5.11. The van der Waals surface area contributed by atoms with E-state index in [9.17, 15) is 18.0 Å². The highest BCUT2D eigenvalue weighted by atomic mass is 19.4. The topological polar surface area (TPSA) is 71.3 Å². The van der Waals surface area contributed by atoms with E-state index in [4.69, 9.17) is 10.00 Å². The van der Waals surface area contributed by atoms with Crippen molar-refractivity contribution in [1.29, 1.82) is 5.26 Å². The van der Waals surface area contributed by atoms with E-state index in [1.807, 2.05) is 0 Å². The molecule has 0 saturated heterocycles. The van der Waals surface area contributed by atoms with Crippen molar-refractivity contribution >= 4 is 11.6 Å². The quantitative estimate of drug-likeness (QED) is 0.908. The number of ether oxygens (including phenoxy) is 2. The number of hydrogen-bond acceptors (Lipinski definition) is 4. The van der Waals surface area contributed by atoms with Gasteiger partial charge in [0, 0.05) is 0 Å². The van der Waals surface area contributed by atoms with Gasteiger partial charge in [-0.2, -0.15) is 5.26 Å². The summed E-state index contributed by atoms with van der Waals surface area (Å²) in [5.74, 6) is -1.25. The molecule has 5 nitrogen and oxygen atoms in total. The smallest absolute Gasteiger partial charge is 0.404 e. The molecule has 0 bridgehead atoms. The Hall–Kier alpha value is -2.27. The van der Waals surface area contributed by atoms with Crippen LogP contribution in [0, 0.1) is 11.3 Å². The van der Waals surface area contributed by atoms with E-state index in [1.54, 1.807) is 19.9 Å². The van der Waals surface area contributed by atoms with E-state index < -0.39 is 23.6 Å². The van der Waals surface area contributed by atoms with Gasteiger partial charge in [-0.3, -0.25) is 4.79 Å². The highest BCUT2D eigenvalue weighted by Gasteiger charge is 2.32. The summed E-state index contributed by atoms with van der Waals surface area (Å²) in [5.41, 5.74) is -0.482. The predicted octanol–water partition coefficient (Wildman–Crippen LogP) is 2.82. The lowest BCUT2D eigenvalue weighted by molar-refractivity contribution is -0.274. The Bertz CT molecular complexity index is 551. The second-order valence-electron chi connectivity index (χ2n) is 4.25. The number of nitrogens with one attached hydrogen (secondary N) is 1. The summed E-state index contributed by atoms with van der Waals surface area (Å²) in [5, 5.41) is 11.3. The van der Waals surface area contributed by atoms with Gasteiger partial charge in [0.25, 0.3) is 0 Å². The van der Waals surface area contributed by atoms with E-state index in [0.29, 0.717) is 0 Å². The van der Waals surface area contributed by atoms with E-state index in [0.717, 1.165) is 6.07 Å². The van der Waals surface area contributed by atoms with E-state index in [1.165, 1.54) is 12.1 Å². The third-order valence-electron chi connectivity index (χ3n) is 2.19. The lowest BCUT2D eigenvalue weighted by Gasteiger charge is -2.13. The number of hydrogen-bond donors (Lipinski definition) is 1. The first-order valence-corrected chi connectivity index (χ1v) is 5.93. The van der Waals surface area contributed by atoms with Crippen LogP contribution in [0.25, 0.3) is 0 Å². The number of amides is 1. The average molecular weight is 302 g/mol. The lowest BCUT2D eigenvalue weighted by atomic mass is 10.1. The number of alkyl halides is 3. The number of rotatable bonds is 5. The van der Waals surface area contributed by atoms with Crippen LogP contribution in [0.15, 0.2) is 18.2 Å². The van der Waals surface area contributed by atoms with Gasteiger partial charge in [0.15, 0.2) is 0 Å². The summed E-state index contributed by atoms with van der Waals surface area (Å²) in [6.07, 6.45) is -5.10. The van der Waals surface area contributed by atoms with Crippen LogP contribution in [0.2, 0.25) is 0 Å². The van der Waals surface area contributed by atoms with Crippen molar-refractivity contribution in [2.24, 2.45) is 0 Å². The van der Waals surface area contributed by atoms with Gasteiger partial charge in [-0.1, -0.05) is 6.07 Å². The molecule has 1 rings (SSSR count). The molecule has 21 heavy (non-hydrogen) atoms. The van der Waals surface area contributed by atoms with Gasteiger partial charge in [0.05, 0.1) is 11.8 Å². The maximum atomic E-state index is 12.2. The normalized spacial score (nSPS) is 11.1. The standard InChI is InChI=1S/C13H13F3N2O3/c1-8(2)20-7-12(19)18-10-4-3-5-11(9(10)6-17)21-13(14,15)16/h3-5,8H,7H2,1-2H3,(H,18,19). The number of nitrogens with zero attached hydrogens (tertiary/aromatic N) is 1. The molecule has 0 saturated carbocycles. The van der Waals surface area contributed by atoms with Crippen LogP contribution >= 0.6 is 0 Å². The van der Waals surface area contributed by atoms with Crippen molar-refractivity contribution in [3.63, 3.8) is 0 Å². The largest absolute Gasteiger partial charge is 0.573 e. The molecular weight excluding hydrogens is 289 g/mol. The van der Waals surface area contributed by atoms with Crippen LogP contribution in [0.5, 0.6) is 5.75 Å². The Labute approximate surface area is 119 Å². The molecule has 0 aromatic heterocycles. The number of anilines is 1. The molecule has 8 heteroatoms. The summed E-state index contributed by atoms with van der Waals surface area (Å²) in [7, 11) is 0. The zero-order valence-corrected chi connectivity index (χ0v) is 11.3. The van der Waals surface area contributed by atoms with Crippen LogP contribution in [-0.2, 0) is 9.53 Å². The minimum atomic E-state index is -4.92. The molecule has 1 amide bonds. The van der Waals surface area contributed by atoms with E-state index in [-0.39, 0.29) is 18.4 Å². The molecular formula is C13H13F3N2O3. The SMILES string of the molecule is CC(C)OCC(=O)Nc1cccc(OC(F)(F)F)c1C#N. The number of carbonyl (C=O) groups excluding carboxylic acids is 1. The molecule has 0 spiro atoms. The summed E-state index contributed by atoms with van der Waals surface area (Å²) < 4.78 is 45.5. The van der Waals surface area contributed by atoms with Crippen molar-refractivity contribution in [2.45, 2.75) is 26.3 Å². The Balaban J connectivity index is 2.91. The second kappa shape index (κ2) is 6.95.